The molecule has 2 saturated heterocycles. The summed E-state index contributed by atoms with van der Waals surface area (Å²) in [6, 6.07) is 12.3. The van der Waals surface area contributed by atoms with Crippen LogP contribution in [0.1, 0.15) is 23.6 Å². The number of hydrogen-bond acceptors (Lipinski definition) is 4. The molecule has 4 rings (SSSR count). The smallest absolute Gasteiger partial charge is 0.246 e. The highest BCUT2D eigenvalue weighted by Crippen LogP contribution is 2.43. The molecule has 3 atom stereocenters. The van der Waals surface area contributed by atoms with Crippen LogP contribution in [0.15, 0.2) is 48.7 Å². The van der Waals surface area contributed by atoms with E-state index in [1.807, 2.05) is 24.1 Å². The van der Waals surface area contributed by atoms with Crippen LogP contribution in [0.4, 0.5) is 0 Å². The second-order valence-electron chi connectivity index (χ2n) is 7.34. The van der Waals surface area contributed by atoms with Crippen molar-refractivity contribution in [1.82, 2.24) is 14.7 Å². The molecule has 2 aliphatic rings. The van der Waals surface area contributed by atoms with Gasteiger partial charge in [-0.2, -0.15) is 5.10 Å². The van der Waals surface area contributed by atoms with Crippen LogP contribution in [0.25, 0.3) is 6.08 Å². The molecule has 1 aromatic heterocycles. The number of aryl methyl sites for hydroxylation is 1. The van der Waals surface area contributed by atoms with Crippen molar-refractivity contribution in [3.05, 3.63) is 59.9 Å². The van der Waals surface area contributed by atoms with E-state index in [1.54, 1.807) is 30.1 Å². The lowest BCUT2D eigenvalue weighted by molar-refractivity contribution is -0.126. The van der Waals surface area contributed by atoms with Crippen LogP contribution in [0.5, 0.6) is 0 Å². The number of ether oxygens (including phenoxy) is 2. The quantitative estimate of drug-likeness (QED) is 0.778. The van der Waals surface area contributed by atoms with Gasteiger partial charge in [0.25, 0.3) is 0 Å². The predicted molar refractivity (Wildman–Crippen MR) is 102 cm³/mol. The number of amides is 1. The molecule has 2 fully saturated rings. The summed E-state index contributed by atoms with van der Waals surface area (Å²) in [6.07, 6.45) is 5.87. The number of nitrogens with zero attached hydrogens (tertiary/aromatic N) is 3. The van der Waals surface area contributed by atoms with Gasteiger partial charge in [0.2, 0.25) is 5.91 Å². The topological polar surface area (TPSA) is 56.6 Å². The summed E-state index contributed by atoms with van der Waals surface area (Å²) in [5, 5.41) is 4.11. The summed E-state index contributed by atoms with van der Waals surface area (Å²) in [5.74, 6) is 0.311. The van der Waals surface area contributed by atoms with Gasteiger partial charge in [0.1, 0.15) is 11.7 Å². The normalized spacial score (nSPS) is 27.9. The lowest BCUT2D eigenvalue weighted by Gasteiger charge is -2.28. The average molecular weight is 367 g/mol. The molecule has 6 nitrogen and oxygen atoms in total. The van der Waals surface area contributed by atoms with Crippen LogP contribution in [-0.2, 0) is 21.3 Å². The first kappa shape index (κ1) is 17.9. The van der Waals surface area contributed by atoms with Crippen molar-refractivity contribution in [2.45, 2.75) is 24.0 Å². The van der Waals surface area contributed by atoms with E-state index in [2.05, 4.69) is 29.4 Å². The Labute approximate surface area is 159 Å². The molecule has 6 heteroatoms. The van der Waals surface area contributed by atoms with Crippen molar-refractivity contribution in [2.75, 3.05) is 26.8 Å². The molecular formula is C21H25N3O3. The second-order valence-corrected chi connectivity index (χ2v) is 7.34. The van der Waals surface area contributed by atoms with Gasteiger partial charge in [0.05, 0.1) is 25.4 Å². The maximum atomic E-state index is 12.7. The Kier molecular flexibility index (Phi) is 4.85. The van der Waals surface area contributed by atoms with Gasteiger partial charge in [0, 0.05) is 32.3 Å². The second kappa shape index (κ2) is 7.29. The summed E-state index contributed by atoms with van der Waals surface area (Å²) in [4.78, 5) is 14.5. The van der Waals surface area contributed by atoms with E-state index in [0.717, 1.165) is 12.1 Å². The molecular weight excluding hydrogens is 342 g/mol. The third kappa shape index (κ3) is 3.42. The molecule has 1 amide bonds. The fourth-order valence-electron chi connectivity index (χ4n) is 4.20. The first-order valence-electron chi connectivity index (χ1n) is 9.28. The van der Waals surface area contributed by atoms with E-state index < -0.39 is 5.60 Å². The van der Waals surface area contributed by atoms with Gasteiger partial charge in [-0.3, -0.25) is 9.48 Å². The number of aromatic nitrogens is 2. The monoisotopic (exact) mass is 367 g/mol. The highest BCUT2D eigenvalue weighted by Gasteiger charge is 2.53. The summed E-state index contributed by atoms with van der Waals surface area (Å²) < 4.78 is 13.7. The van der Waals surface area contributed by atoms with E-state index in [9.17, 15) is 4.79 Å². The summed E-state index contributed by atoms with van der Waals surface area (Å²) >= 11 is 0. The SMILES string of the molecule is CO[C@@H]1CN(C(=O)C=Cc2ccnn2C)C[C@]12C[C@@H](c1ccccc1)CO2. The third-order valence-corrected chi connectivity index (χ3v) is 5.72. The van der Waals surface area contributed by atoms with Crippen LogP contribution >= 0.6 is 0 Å². The zero-order chi connectivity index (χ0) is 18.9. The van der Waals surface area contributed by atoms with Crippen molar-refractivity contribution >= 4 is 12.0 Å². The van der Waals surface area contributed by atoms with Gasteiger partial charge in [-0.15, -0.1) is 0 Å². The van der Waals surface area contributed by atoms with Crippen LogP contribution < -0.4 is 0 Å². The number of carbonyl (C=O) groups excluding carboxylic acids is 1. The zero-order valence-electron chi connectivity index (χ0n) is 15.7. The fraction of sp³-hybridized carbons (Fsp3) is 0.429. The largest absolute Gasteiger partial charge is 0.377 e. The van der Waals surface area contributed by atoms with E-state index in [0.29, 0.717) is 25.6 Å². The molecule has 3 heterocycles. The number of carbonyl (C=O) groups is 1. The molecule has 142 valence electrons. The molecule has 0 aliphatic carbocycles. The maximum absolute atomic E-state index is 12.7. The van der Waals surface area contributed by atoms with Crippen molar-refractivity contribution in [2.24, 2.45) is 7.05 Å². The van der Waals surface area contributed by atoms with Crippen molar-refractivity contribution < 1.29 is 14.3 Å². The molecule has 2 aliphatic heterocycles. The van der Waals surface area contributed by atoms with Crippen molar-refractivity contribution in [1.29, 1.82) is 0 Å². The van der Waals surface area contributed by atoms with Gasteiger partial charge >= 0.3 is 0 Å². The Morgan fingerprint density at radius 2 is 2.15 bits per heavy atom. The van der Waals surface area contributed by atoms with Gasteiger partial charge in [-0.25, -0.2) is 0 Å². The number of hydrogen-bond donors (Lipinski definition) is 0. The third-order valence-electron chi connectivity index (χ3n) is 5.72. The minimum atomic E-state index is -0.425. The van der Waals surface area contributed by atoms with Crippen molar-refractivity contribution in [3.63, 3.8) is 0 Å². The van der Waals surface area contributed by atoms with Crippen LogP contribution in [0, 0.1) is 0 Å². The number of rotatable bonds is 4. The van der Waals surface area contributed by atoms with Gasteiger partial charge < -0.3 is 14.4 Å². The predicted octanol–water partition coefficient (Wildman–Crippen LogP) is 2.23. The van der Waals surface area contributed by atoms with Gasteiger partial charge in [-0.1, -0.05) is 30.3 Å². The fourth-order valence-corrected chi connectivity index (χ4v) is 4.20. The molecule has 0 radical (unpaired) electrons. The molecule has 27 heavy (non-hydrogen) atoms. The summed E-state index contributed by atoms with van der Waals surface area (Å²) in [5.41, 5.74) is 1.75. The Bertz CT molecular complexity index is 832. The van der Waals surface area contributed by atoms with E-state index in [4.69, 9.17) is 9.47 Å². The van der Waals surface area contributed by atoms with Gasteiger partial charge in [-0.05, 0) is 24.1 Å². The van der Waals surface area contributed by atoms with Crippen LogP contribution in [0.3, 0.4) is 0 Å². The average Bonchev–Trinajstić information content (AvgIpc) is 3.40. The highest BCUT2D eigenvalue weighted by atomic mass is 16.6. The Hall–Kier alpha value is -2.44. The molecule has 0 unspecified atom stereocenters. The molecule has 0 N–H and O–H groups in total. The van der Waals surface area contributed by atoms with E-state index >= 15 is 0 Å². The summed E-state index contributed by atoms with van der Waals surface area (Å²) in [7, 11) is 3.55. The Balaban J connectivity index is 1.47. The number of methoxy groups -OCH3 is 1. The minimum absolute atomic E-state index is 0.0260. The minimum Gasteiger partial charge on any atom is -0.377 e. The van der Waals surface area contributed by atoms with E-state index in [1.165, 1.54) is 5.56 Å². The first-order chi connectivity index (χ1) is 13.1. The molecule has 2 aromatic rings. The molecule has 1 aromatic carbocycles. The Morgan fingerprint density at radius 1 is 1.33 bits per heavy atom. The van der Waals surface area contributed by atoms with Crippen molar-refractivity contribution in [3.8, 4) is 0 Å². The maximum Gasteiger partial charge on any atom is 0.246 e. The number of likely N-dealkylation sites (tertiary alicyclic amines) is 1. The molecule has 1 spiro atoms. The zero-order valence-corrected chi connectivity index (χ0v) is 15.7. The highest BCUT2D eigenvalue weighted by molar-refractivity contribution is 5.91. The van der Waals surface area contributed by atoms with E-state index in [-0.39, 0.29) is 12.0 Å². The molecule has 0 bridgehead atoms. The lowest BCUT2D eigenvalue weighted by atomic mass is 9.87. The first-order valence-corrected chi connectivity index (χ1v) is 9.28. The Morgan fingerprint density at radius 3 is 2.85 bits per heavy atom. The lowest BCUT2D eigenvalue weighted by Crippen LogP contribution is -2.42. The number of benzene rings is 1. The van der Waals surface area contributed by atoms with Crippen LogP contribution in [0.2, 0.25) is 0 Å². The van der Waals surface area contributed by atoms with Crippen LogP contribution in [-0.4, -0.2) is 59.1 Å². The van der Waals surface area contributed by atoms with Gasteiger partial charge in [0.15, 0.2) is 0 Å². The standard InChI is InChI=1S/C21H25N3O3/c1-23-18(10-11-22-23)8-9-20(25)24-13-19(26-2)21(15-24)12-17(14-27-21)16-6-4-3-5-7-16/h3-11,17,19H,12-15H2,1-2H3/t17-,19-,21-/m1/s1. The molecule has 0 saturated carbocycles. The summed E-state index contributed by atoms with van der Waals surface area (Å²) in [6.45, 7) is 1.77.